The molecule has 0 spiro atoms. The van der Waals surface area contributed by atoms with Crippen molar-refractivity contribution in [3.05, 3.63) is 71.8 Å². The molecule has 0 bridgehead atoms. The van der Waals surface area contributed by atoms with E-state index in [9.17, 15) is 0 Å². The van der Waals surface area contributed by atoms with E-state index >= 15 is 0 Å². The maximum atomic E-state index is 6.35. The molecule has 112 valence electrons. The molecular formula is C22H11ClO. The Morgan fingerprint density at radius 2 is 1.29 bits per heavy atom. The molecule has 0 N–H and O–H groups in total. The Hall–Kier alpha value is -2.77. The first-order valence-corrected chi connectivity index (χ1v) is 8.37. The van der Waals surface area contributed by atoms with Gasteiger partial charge in [0.15, 0.2) is 5.58 Å². The quantitative estimate of drug-likeness (QED) is 0.292. The minimum Gasteiger partial charge on any atom is -0.454 e. The van der Waals surface area contributed by atoms with Crippen molar-refractivity contribution in [3.63, 3.8) is 0 Å². The van der Waals surface area contributed by atoms with Gasteiger partial charge in [0, 0.05) is 21.5 Å². The van der Waals surface area contributed by atoms with Crippen molar-refractivity contribution in [1.82, 2.24) is 0 Å². The summed E-state index contributed by atoms with van der Waals surface area (Å²) in [4.78, 5) is 0. The molecule has 0 unspecified atom stereocenters. The summed E-state index contributed by atoms with van der Waals surface area (Å²) in [5.41, 5.74) is 6.85. The van der Waals surface area contributed by atoms with E-state index in [1.165, 1.54) is 27.6 Å². The smallest absolute Gasteiger partial charge is 0.154 e. The summed E-state index contributed by atoms with van der Waals surface area (Å²) in [5.74, 6) is 0. The SMILES string of the molecule is Clc1cccc2c1oc1c3cccc4c3c(cc21)-c1ccccc1-4. The molecule has 24 heavy (non-hydrogen) atoms. The average molecular weight is 327 g/mol. The predicted octanol–water partition coefficient (Wildman–Crippen LogP) is 7.04. The summed E-state index contributed by atoms with van der Waals surface area (Å²) in [6, 6.07) is 23.2. The molecule has 4 aromatic carbocycles. The van der Waals surface area contributed by atoms with Crippen molar-refractivity contribution in [3.8, 4) is 22.3 Å². The number of hydrogen-bond acceptors (Lipinski definition) is 1. The summed E-state index contributed by atoms with van der Waals surface area (Å²) >= 11 is 6.35. The van der Waals surface area contributed by atoms with Gasteiger partial charge in [0.25, 0.3) is 0 Å². The van der Waals surface area contributed by atoms with Crippen LogP contribution in [-0.2, 0) is 0 Å². The molecule has 1 nitrogen and oxygen atoms in total. The number of benzene rings is 4. The summed E-state index contributed by atoms with van der Waals surface area (Å²) in [7, 11) is 0. The van der Waals surface area contributed by atoms with Gasteiger partial charge in [0.05, 0.1) is 5.02 Å². The fourth-order valence-electron chi connectivity index (χ4n) is 4.09. The Bertz CT molecular complexity index is 1310. The Morgan fingerprint density at radius 3 is 2.17 bits per heavy atom. The van der Waals surface area contributed by atoms with Crippen molar-refractivity contribution in [2.24, 2.45) is 0 Å². The summed E-state index contributed by atoms with van der Waals surface area (Å²) in [6.45, 7) is 0. The van der Waals surface area contributed by atoms with Gasteiger partial charge in [-0.15, -0.1) is 0 Å². The molecule has 0 aliphatic heterocycles. The molecule has 0 fully saturated rings. The fourth-order valence-corrected chi connectivity index (χ4v) is 4.30. The number of para-hydroxylation sites is 1. The fraction of sp³-hybridized carbons (Fsp3) is 0. The molecule has 0 saturated heterocycles. The lowest BCUT2D eigenvalue weighted by molar-refractivity contribution is 0.673. The van der Waals surface area contributed by atoms with E-state index in [-0.39, 0.29) is 0 Å². The largest absolute Gasteiger partial charge is 0.454 e. The van der Waals surface area contributed by atoms with E-state index in [0.717, 1.165) is 27.3 Å². The van der Waals surface area contributed by atoms with Gasteiger partial charge in [-0.25, -0.2) is 0 Å². The Balaban J connectivity index is 1.93. The van der Waals surface area contributed by atoms with Crippen molar-refractivity contribution < 1.29 is 4.42 Å². The van der Waals surface area contributed by atoms with Crippen molar-refractivity contribution in [2.75, 3.05) is 0 Å². The first-order chi connectivity index (χ1) is 11.8. The summed E-state index contributed by atoms with van der Waals surface area (Å²) < 4.78 is 6.20. The molecule has 0 amide bonds. The number of fused-ring (bicyclic) bond motifs is 7. The Kier molecular flexibility index (Phi) is 2.21. The van der Waals surface area contributed by atoms with Crippen LogP contribution in [0.15, 0.2) is 71.1 Å². The van der Waals surface area contributed by atoms with Gasteiger partial charge in [-0.1, -0.05) is 66.2 Å². The first kappa shape index (κ1) is 12.6. The topological polar surface area (TPSA) is 13.1 Å². The third-order valence-corrected chi connectivity index (χ3v) is 5.38. The second-order valence-corrected chi connectivity index (χ2v) is 6.70. The van der Waals surface area contributed by atoms with Crippen LogP contribution < -0.4 is 0 Å². The summed E-state index contributed by atoms with van der Waals surface area (Å²) in [6.07, 6.45) is 0. The van der Waals surface area contributed by atoms with Crippen LogP contribution in [0.5, 0.6) is 0 Å². The van der Waals surface area contributed by atoms with Gasteiger partial charge in [0.2, 0.25) is 0 Å². The molecule has 5 aromatic rings. The zero-order chi connectivity index (χ0) is 15.8. The maximum Gasteiger partial charge on any atom is 0.154 e. The molecular weight excluding hydrogens is 316 g/mol. The average Bonchev–Trinajstić information content (AvgIpc) is 3.15. The highest BCUT2D eigenvalue weighted by Crippen LogP contribution is 2.50. The molecule has 6 rings (SSSR count). The minimum absolute atomic E-state index is 0.659. The van der Waals surface area contributed by atoms with E-state index in [1.807, 2.05) is 12.1 Å². The Labute approximate surface area is 143 Å². The van der Waals surface area contributed by atoms with Crippen molar-refractivity contribution >= 4 is 44.3 Å². The molecule has 1 aliphatic carbocycles. The van der Waals surface area contributed by atoms with Gasteiger partial charge in [0.1, 0.15) is 5.58 Å². The number of rotatable bonds is 0. The van der Waals surface area contributed by atoms with Crippen LogP contribution >= 0.6 is 11.6 Å². The third kappa shape index (κ3) is 1.37. The van der Waals surface area contributed by atoms with Gasteiger partial charge >= 0.3 is 0 Å². The monoisotopic (exact) mass is 326 g/mol. The lowest BCUT2D eigenvalue weighted by atomic mass is 9.99. The standard InChI is InChI=1S/C22H11ClO/c23-19-10-4-8-15-18-11-17-13-6-2-1-5-12(13)14-7-3-9-16(20(14)17)21(18)24-22(15)19/h1-11H. The molecule has 0 atom stereocenters. The van der Waals surface area contributed by atoms with Crippen molar-refractivity contribution in [1.29, 1.82) is 0 Å². The zero-order valence-corrected chi connectivity index (χ0v) is 13.4. The number of hydrogen-bond donors (Lipinski definition) is 0. The lowest BCUT2D eigenvalue weighted by Gasteiger charge is -2.03. The number of halogens is 1. The highest BCUT2D eigenvalue weighted by molar-refractivity contribution is 6.36. The van der Waals surface area contributed by atoms with Gasteiger partial charge in [-0.3, -0.25) is 0 Å². The van der Waals surface area contributed by atoms with Crippen molar-refractivity contribution in [2.45, 2.75) is 0 Å². The normalized spacial score (nSPS) is 12.4. The minimum atomic E-state index is 0.659. The van der Waals surface area contributed by atoms with Gasteiger partial charge in [-0.05, 0) is 34.4 Å². The molecule has 0 saturated carbocycles. The van der Waals surface area contributed by atoms with Crippen LogP contribution in [0.2, 0.25) is 5.02 Å². The van der Waals surface area contributed by atoms with E-state index in [0.29, 0.717) is 5.02 Å². The van der Waals surface area contributed by atoms with E-state index in [1.54, 1.807) is 0 Å². The van der Waals surface area contributed by atoms with Crippen LogP contribution in [-0.4, -0.2) is 0 Å². The second-order valence-electron chi connectivity index (χ2n) is 6.29. The highest BCUT2D eigenvalue weighted by atomic mass is 35.5. The Morgan fingerprint density at radius 1 is 0.583 bits per heavy atom. The molecule has 0 radical (unpaired) electrons. The maximum absolute atomic E-state index is 6.35. The van der Waals surface area contributed by atoms with Gasteiger partial charge in [-0.2, -0.15) is 0 Å². The van der Waals surface area contributed by atoms with Crippen LogP contribution in [0.1, 0.15) is 0 Å². The van der Waals surface area contributed by atoms with Crippen LogP contribution in [0.3, 0.4) is 0 Å². The van der Waals surface area contributed by atoms with Crippen LogP contribution in [0.25, 0.3) is 55.0 Å². The van der Waals surface area contributed by atoms with Gasteiger partial charge < -0.3 is 4.42 Å². The predicted molar refractivity (Wildman–Crippen MR) is 101 cm³/mol. The molecule has 1 aliphatic rings. The van der Waals surface area contributed by atoms with E-state index in [2.05, 4.69) is 54.6 Å². The second kappa shape index (κ2) is 4.19. The summed E-state index contributed by atoms with van der Waals surface area (Å²) in [5, 5.41) is 5.30. The molecule has 1 aromatic heterocycles. The third-order valence-electron chi connectivity index (χ3n) is 5.08. The first-order valence-electron chi connectivity index (χ1n) is 7.99. The van der Waals surface area contributed by atoms with E-state index < -0.39 is 0 Å². The van der Waals surface area contributed by atoms with E-state index in [4.69, 9.17) is 16.0 Å². The highest BCUT2D eigenvalue weighted by Gasteiger charge is 2.24. The molecule has 2 heteroatoms. The lowest BCUT2D eigenvalue weighted by Crippen LogP contribution is -1.77. The van der Waals surface area contributed by atoms with Crippen LogP contribution in [0, 0.1) is 0 Å². The number of furan rings is 1. The molecule has 1 heterocycles. The van der Waals surface area contributed by atoms with Crippen LogP contribution in [0.4, 0.5) is 0 Å². The zero-order valence-electron chi connectivity index (χ0n) is 12.6.